The predicted octanol–water partition coefficient (Wildman–Crippen LogP) is 5.00. The van der Waals surface area contributed by atoms with Gasteiger partial charge in [-0.05, 0) is 18.2 Å². The van der Waals surface area contributed by atoms with Gasteiger partial charge in [-0.2, -0.15) is 0 Å². The lowest BCUT2D eigenvalue weighted by Gasteiger charge is -2.13. The van der Waals surface area contributed by atoms with Gasteiger partial charge in [0, 0.05) is 11.1 Å². The first kappa shape index (κ1) is 16.1. The van der Waals surface area contributed by atoms with Crippen LogP contribution >= 0.6 is 0 Å². The summed E-state index contributed by atoms with van der Waals surface area (Å²) in [5.41, 5.74) is -2.64. The first-order chi connectivity index (χ1) is 10.3. The van der Waals surface area contributed by atoms with E-state index in [1.165, 1.54) is 0 Å². The molecule has 0 fully saturated rings. The van der Waals surface area contributed by atoms with Crippen molar-refractivity contribution < 1.29 is 35.5 Å². The molecule has 0 aromatic heterocycles. The van der Waals surface area contributed by atoms with E-state index in [0.717, 1.165) is 19.2 Å². The van der Waals surface area contributed by atoms with E-state index in [-0.39, 0.29) is 5.75 Å². The molecule has 2 aromatic rings. The van der Waals surface area contributed by atoms with Crippen molar-refractivity contribution in [1.29, 1.82) is 0 Å². The van der Waals surface area contributed by atoms with Crippen molar-refractivity contribution in [2.75, 3.05) is 7.11 Å². The highest BCUT2D eigenvalue weighted by molar-refractivity contribution is 5.72. The Bertz CT molecular complexity index is 699. The zero-order valence-electron chi connectivity index (χ0n) is 10.9. The molecule has 0 N–H and O–H groups in total. The van der Waals surface area contributed by atoms with E-state index in [2.05, 4.69) is 0 Å². The Morgan fingerprint density at radius 1 is 0.818 bits per heavy atom. The van der Waals surface area contributed by atoms with Gasteiger partial charge in [0.25, 0.3) is 6.43 Å². The smallest absolute Gasteiger partial charge is 0.263 e. The van der Waals surface area contributed by atoms with Crippen molar-refractivity contribution in [3.8, 4) is 16.9 Å². The summed E-state index contributed by atoms with van der Waals surface area (Å²) in [4.78, 5) is 0. The normalized spacial score (nSPS) is 11.1. The third kappa shape index (κ3) is 2.49. The van der Waals surface area contributed by atoms with E-state index in [0.29, 0.717) is 6.07 Å². The zero-order valence-corrected chi connectivity index (χ0v) is 10.9. The van der Waals surface area contributed by atoms with E-state index >= 15 is 0 Å². The number of hydrogen-bond donors (Lipinski definition) is 0. The van der Waals surface area contributed by atoms with Crippen LogP contribution in [0.5, 0.6) is 5.75 Å². The molecule has 2 rings (SSSR count). The van der Waals surface area contributed by atoms with Gasteiger partial charge in [0.2, 0.25) is 5.82 Å². The third-order valence-corrected chi connectivity index (χ3v) is 2.95. The summed E-state index contributed by atoms with van der Waals surface area (Å²) in [6.07, 6.45) is -2.99. The Morgan fingerprint density at radius 3 is 1.77 bits per heavy atom. The van der Waals surface area contributed by atoms with Crippen molar-refractivity contribution in [3.05, 3.63) is 52.8 Å². The van der Waals surface area contributed by atoms with Crippen LogP contribution in [0, 0.1) is 29.1 Å². The Morgan fingerprint density at radius 2 is 1.32 bits per heavy atom. The summed E-state index contributed by atoms with van der Waals surface area (Å²) in [6.45, 7) is 0. The van der Waals surface area contributed by atoms with Gasteiger partial charge in [-0.3, -0.25) is 0 Å². The Kier molecular flexibility index (Phi) is 4.30. The standard InChI is InChI=1S/C14H7F7O/c1-22-7-3-2-5(14(20)21)4-6(7)8-9(15)11(17)13(19)12(18)10(8)16/h2-4,14H,1H3. The van der Waals surface area contributed by atoms with Crippen LogP contribution in [0.15, 0.2) is 18.2 Å². The van der Waals surface area contributed by atoms with Crippen LogP contribution in [0.2, 0.25) is 0 Å². The van der Waals surface area contributed by atoms with Crippen molar-refractivity contribution >= 4 is 0 Å². The summed E-state index contributed by atoms with van der Waals surface area (Å²) in [6, 6.07) is 2.48. The topological polar surface area (TPSA) is 9.23 Å². The van der Waals surface area contributed by atoms with E-state index in [1.807, 2.05) is 0 Å². The molecule has 0 aliphatic heterocycles. The molecule has 2 aromatic carbocycles. The Labute approximate surface area is 119 Å². The molecule has 0 radical (unpaired) electrons. The molecular weight excluding hydrogens is 317 g/mol. The van der Waals surface area contributed by atoms with Gasteiger partial charge in [0.1, 0.15) is 5.75 Å². The highest BCUT2D eigenvalue weighted by atomic mass is 19.3. The minimum absolute atomic E-state index is 0.312. The monoisotopic (exact) mass is 324 g/mol. The van der Waals surface area contributed by atoms with Crippen molar-refractivity contribution in [1.82, 2.24) is 0 Å². The molecule has 1 nitrogen and oxygen atoms in total. The van der Waals surface area contributed by atoms with Crippen LogP contribution in [0.1, 0.15) is 12.0 Å². The second-order valence-corrected chi connectivity index (χ2v) is 4.21. The SMILES string of the molecule is COc1ccc(C(F)F)cc1-c1c(F)c(F)c(F)c(F)c1F. The molecule has 0 atom stereocenters. The predicted molar refractivity (Wildman–Crippen MR) is 63.2 cm³/mol. The number of benzene rings is 2. The van der Waals surface area contributed by atoms with Crippen molar-refractivity contribution in [3.63, 3.8) is 0 Å². The summed E-state index contributed by atoms with van der Waals surface area (Å²) < 4.78 is 97.1. The second kappa shape index (κ2) is 5.86. The first-order valence-corrected chi connectivity index (χ1v) is 5.77. The van der Waals surface area contributed by atoms with E-state index in [4.69, 9.17) is 4.74 Å². The van der Waals surface area contributed by atoms with Crippen LogP contribution in [-0.4, -0.2) is 7.11 Å². The maximum Gasteiger partial charge on any atom is 0.263 e. The fourth-order valence-corrected chi connectivity index (χ4v) is 1.90. The maximum atomic E-state index is 13.8. The summed E-state index contributed by atoms with van der Waals surface area (Å²) in [7, 11) is 1.06. The maximum absolute atomic E-state index is 13.8. The Balaban J connectivity index is 2.84. The molecule has 0 aliphatic rings. The summed E-state index contributed by atoms with van der Waals surface area (Å²) >= 11 is 0. The average molecular weight is 324 g/mol. The van der Waals surface area contributed by atoms with Crippen molar-refractivity contribution in [2.24, 2.45) is 0 Å². The molecule has 0 saturated heterocycles. The minimum atomic E-state index is -2.99. The quantitative estimate of drug-likeness (QED) is 0.439. The molecule has 0 spiro atoms. The molecule has 0 aliphatic carbocycles. The highest BCUT2D eigenvalue weighted by Crippen LogP contribution is 2.38. The van der Waals surface area contributed by atoms with Crippen LogP contribution < -0.4 is 4.74 Å². The largest absolute Gasteiger partial charge is 0.496 e. The zero-order chi connectivity index (χ0) is 16.6. The lowest BCUT2D eigenvalue weighted by Crippen LogP contribution is -2.05. The molecule has 0 saturated carbocycles. The lowest BCUT2D eigenvalue weighted by atomic mass is 10.00. The number of methoxy groups -OCH3 is 1. The number of alkyl halides is 2. The van der Waals surface area contributed by atoms with E-state index in [1.54, 1.807) is 0 Å². The fourth-order valence-electron chi connectivity index (χ4n) is 1.90. The molecule has 0 amide bonds. The first-order valence-electron chi connectivity index (χ1n) is 5.77. The van der Waals surface area contributed by atoms with Gasteiger partial charge in [0.15, 0.2) is 23.3 Å². The second-order valence-electron chi connectivity index (χ2n) is 4.21. The van der Waals surface area contributed by atoms with Gasteiger partial charge in [-0.1, -0.05) is 0 Å². The number of rotatable bonds is 3. The molecule has 0 bridgehead atoms. The molecule has 118 valence electrons. The van der Waals surface area contributed by atoms with Gasteiger partial charge in [-0.15, -0.1) is 0 Å². The van der Waals surface area contributed by atoms with Gasteiger partial charge in [-0.25, -0.2) is 30.7 Å². The third-order valence-electron chi connectivity index (χ3n) is 2.95. The van der Waals surface area contributed by atoms with E-state index in [9.17, 15) is 30.7 Å². The van der Waals surface area contributed by atoms with Gasteiger partial charge >= 0.3 is 0 Å². The van der Waals surface area contributed by atoms with Gasteiger partial charge in [0.05, 0.1) is 12.7 Å². The molecule has 22 heavy (non-hydrogen) atoms. The number of hydrogen-bond acceptors (Lipinski definition) is 1. The minimum Gasteiger partial charge on any atom is -0.496 e. The number of halogens is 7. The summed E-state index contributed by atoms with van der Waals surface area (Å²) in [5.74, 6) is -11.2. The van der Waals surface area contributed by atoms with Crippen LogP contribution in [0.4, 0.5) is 30.7 Å². The fraction of sp³-hybridized carbons (Fsp3) is 0.143. The lowest BCUT2D eigenvalue weighted by molar-refractivity contribution is 0.151. The molecule has 8 heteroatoms. The summed E-state index contributed by atoms with van der Waals surface area (Å²) in [5, 5.41) is 0. The van der Waals surface area contributed by atoms with Crippen LogP contribution in [0.25, 0.3) is 11.1 Å². The van der Waals surface area contributed by atoms with Crippen molar-refractivity contribution in [2.45, 2.75) is 6.43 Å². The highest BCUT2D eigenvalue weighted by Gasteiger charge is 2.28. The van der Waals surface area contributed by atoms with Gasteiger partial charge < -0.3 is 4.74 Å². The number of ether oxygens (including phenoxy) is 1. The molecular formula is C14H7F7O. The molecule has 0 heterocycles. The molecule has 0 unspecified atom stereocenters. The average Bonchev–Trinajstić information content (AvgIpc) is 2.51. The van der Waals surface area contributed by atoms with Crippen LogP contribution in [0.3, 0.4) is 0 Å². The van der Waals surface area contributed by atoms with E-state index < -0.39 is 52.2 Å². The van der Waals surface area contributed by atoms with Crippen LogP contribution in [-0.2, 0) is 0 Å². The Hall–Kier alpha value is -2.25.